The lowest BCUT2D eigenvalue weighted by Gasteiger charge is -2.40. The highest BCUT2D eigenvalue weighted by Crippen LogP contribution is 2.15. The molecule has 1 rings (SSSR count). The van der Waals surface area contributed by atoms with Gasteiger partial charge in [0, 0.05) is 25.2 Å². The van der Waals surface area contributed by atoms with Crippen LogP contribution in [0.3, 0.4) is 0 Å². The number of morpholine rings is 1. The Kier molecular flexibility index (Phi) is 6.75. The van der Waals surface area contributed by atoms with Crippen molar-refractivity contribution in [2.45, 2.75) is 64.8 Å². The van der Waals surface area contributed by atoms with E-state index in [2.05, 4.69) is 31.0 Å². The zero-order chi connectivity index (χ0) is 14.4. The highest BCUT2D eigenvalue weighted by molar-refractivity contribution is 5.81. The number of rotatable bonds is 6. The second-order valence-corrected chi connectivity index (χ2v) is 5.43. The van der Waals surface area contributed by atoms with E-state index in [1.165, 1.54) is 0 Å². The van der Waals surface area contributed by atoms with Crippen LogP contribution < -0.4 is 11.1 Å². The van der Waals surface area contributed by atoms with Crippen LogP contribution in [0.5, 0.6) is 0 Å². The van der Waals surface area contributed by atoms with Gasteiger partial charge in [0.05, 0.1) is 18.8 Å². The minimum Gasteiger partial charge on any atom is -0.374 e. The van der Waals surface area contributed by atoms with Crippen LogP contribution in [0.2, 0.25) is 0 Å². The van der Waals surface area contributed by atoms with Gasteiger partial charge in [-0.25, -0.2) is 0 Å². The van der Waals surface area contributed by atoms with Crippen LogP contribution in [0.1, 0.15) is 40.5 Å². The molecule has 0 aromatic carbocycles. The summed E-state index contributed by atoms with van der Waals surface area (Å²) >= 11 is 0. The third-order valence-electron chi connectivity index (χ3n) is 4.03. The number of nitrogens with two attached hydrogens (primary N) is 1. The molecule has 1 saturated heterocycles. The molecule has 1 heterocycles. The molecular formula is C14H29N3O2. The smallest absolute Gasteiger partial charge is 0.237 e. The number of hydrogen-bond donors (Lipinski definition) is 2. The van der Waals surface area contributed by atoms with Crippen molar-refractivity contribution in [3.05, 3.63) is 0 Å². The van der Waals surface area contributed by atoms with E-state index in [0.29, 0.717) is 13.2 Å². The monoisotopic (exact) mass is 271 g/mol. The van der Waals surface area contributed by atoms with Crippen molar-refractivity contribution in [2.75, 3.05) is 19.7 Å². The lowest BCUT2D eigenvalue weighted by atomic mass is 10.1. The number of nitrogens with one attached hydrogen (secondary N) is 1. The van der Waals surface area contributed by atoms with Crippen molar-refractivity contribution < 1.29 is 9.53 Å². The average molecular weight is 271 g/mol. The standard InChI is InChI=1S/C14H29N3O2/c1-5-12(6-2)16-14(18)11(4)17-8-13(7-15)19-9-10(17)3/h10-13H,5-9,15H2,1-4H3,(H,16,18). The van der Waals surface area contributed by atoms with E-state index in [0.717, 1.165) is 19.4 Å². The first kappa shape index (κ1) is 16.4. The van der Waals surface area contributed by atoms with Crippen LogP contribution in [0.15, 0.2) is 0 Å². The molecule has 19 heavy (non-hydrogen) atoms. The Labute approximate surface area is 116 Å². The van der Waals surface area contributed by atoms with Gasteiger partial charge in [0.15, 0.2) is 0 Å². The van der Waals surface area contributed by atoms with Crippen molar-refractivity contribution in [3.63, 3.8) is 0 Å². The zero-order valence-electron chi connectivity index (χ0n) is 12.7. The van der Waals surface area contributed by atoms with Crippen LogP contribution in [-0.2, 0) is 9.53 Å². The summed E-state index contributed by atoms with van der Waals surface area (Å²) in [4.78, 5) is 14.5. The fraction of sp³-hybridized carbons (Fsp3) is 0.929. The Balaban J connectivity index is 2.58. The molecule has 0 aromatic rings. The molecule has 0 radical (unpaired) electrons. The average Bonchev–Trinajstić information content (AvgIpc) is 2.44. The normalized spacial score (nSPS) is 26.4. The van der Waals surface area contributed by atoms with Gasteiger partial charge in [0.25, 0.3) is 0 Å². The molecule has 0 aliphatic carbocycles. The van der Waals surface area contributed by atoms with Crippen LogP contribution in [-0.4, -0.2) is 54.7 Å². The topological polar surface area (TPSA) is 67.6 Å². The number of nitrogens with zero attached hydrogens (tertiary/aromatic N) is 1. The second kappa shape index (κ2) is 7.82. The summed E-state index contributed by atoms with van der Waals surface area (Å²) in [6.45, 7) is 10.1. The quantitative estimate of drug-likeness (QED) is 0.747. The first-order chi connectivity index (χ1) is 9.03. The first-order valence-corrected chi connectivity index (χ1v) is 7.41. The summed E-state index contributed by atoms with van der Waals surface area (Å²) in [7, 11) is 0. The highest BCUT2D eigenvalue weighted by Gasteiger charge is 2.32. The lowest BCUT2D eigenvalue weighted by Crippen LogP contribution is -2.58. The molecule has 0 bridgehead atoms. The maximum atomic E-state index is 12.3. The summed E-state index contributed by atoms with van der Waals surface area (Å²) in [5.41, 5.74) is 5.66. The molecule has 1 fully saturated rings. The number of carbonyl (C=O) groups is 1. The maximum Gasteiger partial charge on any atom is 0.237 e. The van der Waals surface area contributed by atoms with Crippen LogP contribution in [0.4, 0.5) is 0 Å². The molecule has 3 unspecified atom stereocenters. The predicted octanol–water partition coefficient (Wildman–Crippen LogP) is 0.728. The molecule has 1 aliphatic heterocycles. The number of hydrogen-bond acceptors (Lipinski definition) is 4. The SMILES string of the molecule is CCC(CC)NC(=O)C(C)N1CC(CN)OCC1C. The molecule has 1 aliphatic rings. The second-order valence-electron chi connectivity index (χ2n) is 5.43. The molecule has 3 atom stereocenters. The number of carbonyl (C=O) groups excluding carboxylic acids is 1. The predicted molar refractivity (Wildman–Crippen MR) is 76.9 cm³/mol. The summed E-state index contributed by atoms with van der Waals surface area (Å²) in [5, 5.41) is 3.11. The first-order valence-electron chi connectivity index (χ1n) is 7.41. The van der Waals surface area contributed by atoms with Crippen LogP contribution in [0.25, 0.3) is 0 Å². The van der Waals surface area contributed by atoms with Gasteiger partial charge >= 0.3 is 0 Å². The van der Waals surface area contributed by atoms with Gasteiger partial charge in [-0.3, -0.25) is 9.69 Å². The van der Waals surface area contributed by atoms with E-state index < -0.39 is 0 Å². The summed E-state index contributed by atoms with van der Waals surface area (Å²) < 4.78 is 5.62. The minimum absolute atomic E-state index is 0.0413. The largest absolute Gasteiger partial charge is 0.374 e. The van der Waals surface area contributed by atoms with Gasteiger partial charge in [-0.1, -0.05) is 13.8 Å². The van der Waals surface area contributed by atoms with Gasteiger partial charge in [-0.05, 0) is 26.7 Å². The van der Waals surface area contributed by atoms with Gasteiger partial charge in [0.2, 0.25) is 5.91 Å². The summed E-state index contributed by atoms with van der Waals surface area (Å²) in [6, 6.07) is 0.399. The van der Waals surface area contributed by atoms with Crippen LogP contribution in [0, 0.1) is 0 Å². The van der Waals surface area contributed by atoms with E-state index in [1.807, 2.05) is 6.92 Å². The maximum absolute atomic E-state index is 12.3. The third-order valence-corrected chi connectivity index (χ3v) is 4.03. The Bertz CT molecular complexity index is 282. The van der Waals surface area contributed by atoms with Crippen molar-refractivity contribution in [3.8, 4) is 0 Å². The molecule has 1 amide bonds. The third kappa shape index (κ3) is 4.44. The summed E-state index contributed by atoms with van der Waals surface area (Å²) in [5.74, 6) is 0.109. The van der Waals surface area contributed by atoms with Crippen molar-refractivity contribution in [2.24, 2.45) is 5.73 Å². The minimum atomic E-state index is -0.131. The van der Waals surface area contributed by atoms with Crippen LogP contribution >= 0.6 is 0 Å². The Morgan fingerprint density at radius 3 is 2.63 bits per heavy atom. The Hall–Kier alpha value is -0.650. The van der Waals surface area contributed by atoms with E-state index in [1.54, 1.807) is 0 Å². The molecule has 0 saturated carbocycles. The van der Waals surface area contributed by atoms with Crippen molar-refractivity contribution >= 4 is 5.91 Å². The molecule has 3 N–H and O–H groups in total. The molecular weight excluding hydrogens is 242 g/mol. The van der Waals surface area contributed by atoms with E-state index in [9.17, 15) is 4.79 Å². The highest BCUT2D eigenvalue weighted by atomic mass is 16.5. The number of amides is 1. The number of ether oxygens (including phenoxy) is 1. The van der Waals surface area contributed by atoms with E-state index >= 15 is 0 Å². The fourth-order valence-electron chi connectivity index (χ4n) is 2.49. The van der Waals surface area contributed by atoms with Crippen molar-refractivity contribution in [1.82, 2.24) is 10.2 Å². The van der Waals surface area contributed by atoms with Gasteiger partial charge in [-0.15, -0.1) is 0 Å². The Morgan fingerprint density at radius 2 is 2.11 bits per heavy atom. The molecule has 0 spiro atoms. The fourth-order valence-corrected chi connectivity index (χ4v) is 2.49. The summed E-state index contributed by atoms with van der Waals surface area (Å²) in [6.07, 6.45) is 1.98. The molecule has 112 valence electrons. The van der Waals surface area contributed by atoms with Gasteiger partial charge in [-0.2, -0.15) is 0 Å². The van der Waals surface area contributed by atoms with E-state index in [4.69, 9.17) is 10.5 Å². The molecule has 0 aromatic heterocycles. The van der Waals surface area contributed by atoms with E-state index in [-0.39, 0.29) is 30.1 Å². The molecule has 5 heteroatoms. The Morgan fingerprint density at radius 1 is 1.47 bits per heavy atom. The van der Waals surface area contributed by atoms with Gasteiger partial charge < -0.3 is 15.8 Å². The lowest BCUT2D eigenvalue weighted by molar-refractivity contribution is -0.132. The molecule has 5 nitrogen and oxygen atoms in total. The zero-order valence-corrected chi connectivity index (χ0v) is 12.7. The van der Waals surface area contributed by atoms with Gasteiger partial charge in [0.1, 0.15) is 0 Å². The van der Waals surface area contributed by atoms with Crippen molar-refractivity contribution in [1.29, 1.82) is 0 Å².